The number of aromatic amines is 1. The minimum Gasteiger partial charge on any atom is -0.395 e. The van der Waals surface area contributed by atoms with Crippen molar-refractivity contribution < 1.29 is 5.11 Å². The zero-order chi connectivity index (χ0) is 11.4. The van der Waals surface area contributed by atoms with Crippen LogP contribution in [0, 0.1) is 6.92 Å². The summed E-state index contributed by atoms with van der Waals surface area (Å²) < 4.78 is 0. The molecule has 0 atom stereocenters. The average molecular weight is 219 g/mol. The Morgan fingerprint density at radius 3 is 3.06 bits per heavy atom. The zero-order valence-corrected chi connectivity index (χ0v) is 9.45. The van der Waals surface area contributed by atoms with Gasteiger partial charge in [-0.15, -0.1) is 0 Å². The van der Waals surface area contributed by atoms with Crippen molar-refractivity contribution in [1.82, 2.24) is 15.3 Å². The van der Waals surface area contributed by atoms with E-state index in [1.807, 2.05) is 6.07 Å². The first-order valence-corrected chi connectivity index (χ1v) is 5.56. The van der Waals surface area contributed by atoms with Crippen LogP contribution in [0.4, 0.5) is 0 Å². The molecule has 1 aromatic carbocycles. The maximum atomic E-state index is 8.62. The number of H-pyrrole nitrogens is 1. The average Bonchev–Trinajstić information content (AvgIpc) is 2.66. The van der Waals surface area contributed by atoms with E-state index in [1.54, 1.807) is 0 Å². The molecule has 0 bridgehead atoms. The van der Waals surface area contributed by atoms with Gasteiger partial charge in [0.15, 0.2) is 0 Å². The van der Waals surface area contributed by atoms with Crippen LogP contribution in [-0.2, 0) is 6.42 Å². The molecule has 0 unspecified atom stereocenters. The Hall–Kier alpha value is -1.39. The molecular weight excluding hydrogens is 202 g/mol. The van der Waals surface area contributed by atoms with Crippen LogP contribution < -0.4 is 5.32 Å². The molecule has 3 N–H and O–H groups in total. The van der Waals surface area contributed by atoms with E-state index < -0.39 is 0 Å². The van der Waals surface area contributed by atoms with Gasteiger partial charge in [0, 0.05) is 19.5 Å². The van der Waals surface area contributed by atoms with Gasteiger partial charge in [0.2, 0.25) is 0 Å². The highest BCUT2D eigenvalue weighted by Crippen LogP contribution is 2.13. The number of nitrogens with one attached hydrogen (secondary N) is 2. The van der Waals surface area contributed by atoms with Crippen molar-refractivity contribution in [2.24, 2.45) is 0 Å². The number of fused-ring (bicyclic) bond motifs is 1. The molecular formula is C12H17N3O. The molecule has 2 rings (SSSR count). The number of aliphatic hydroxyl groups excluding tert-OH is 1. The Kier molecular flexibility index (Phi) is 3.54. The van der Waals surface area contributed by atoms with E-state index >= 15 is 0 Å². The lowest BCUT2D eigenvalue weighted by Gasteiger charge is -1.98. The summed E-state index contributed by atoms with van der Waals surface area (Å²) in [4.78, 5) is 7.79. The Balaban J connectivity index is 2.02. The molecule has 4 nitrogen and oxygen atoms in total. The first-order chi connectivity index (χ1) is 7.79. The number of rotatable bonds is 5. The largest absolute Gasteiger partial charge is 0.395 e. The van der Waals surface area contributed by atoms with E-state index in [0.717, 1.165) is 29.8 Å². The number of imidazole rings is 1. The second kappa shape index (κ2) is 5.09. The van der Waals surface area contributed by atoms with Crippen LogP contribution in [0.2, 0.25) is 0 Å². The maximum absolute atomic E-state index is 8.62. The van der Waals surface area contributed by atoms with E-state index in [1.165, 1.54) is 5.56 Å². The van der Waals surface area contributed by atoms with E-state index in [4.69, 9.17) is 5.11 Å². The van der Waals surface area contributed by atoms with E-state index in [9.17, 15) is 0 Å². The normalized spacial score (nSPS) is 11.1. The van der Waals surface area contributed by atoms with Crippen molar-refractivity contribution in [3.05, 3.63) is 29.6 Å². The second-order valence-electron chi connectivity index (χ2n) is 3.93. The molecule has 0 aliphatic carbocycles. The van der Waals surface area contributed by atoms with Gasteiger partial charge in [-0.1, -0.05) is 6.07 Å². The van der Waals surface area contributed by atoms with Gasteiger partial charge in [0.1, 0.15) is 5.82 Å². The Bertz CT molecular complexity index is 464. The Morgan fingerprint density at radius 1 is 1.38 bits per heavy atom. The number of aliphatic hydroxyl groups is 1. The fourth-order valence-electron chi connectivity index (χ4n) is 1.71. The highest BCUT2D eigenvalue weighted by Gasteiger charge is 2.01. The maximum Gasteiger partial charge on any atom is 0.108 e. The van der Waals surface area contributed by atoms with Gasteiger partial charge < -0.3 is 15.4 Å². The fraction of sp³-hybridized carbons (Fsp3) is 0.417. The first kappa shape index (κ1) is 11.1. The van der Waals surface area contributed by atoms with Crippen molar-refractivity contribution in [2.75, 3.05) is 19.7 Å². The van der Waals surface area contributed by atoms with Gasteiger partial charge in [-0.3, -0.25) is 0 Å². The highest BCUT2D eigenvalue weighted by atomic mass is 16.3. The SMILES string of the molecule is Cc1ccc2nc(CCNCCO)[nH]c2c1. The summed E-state index contributed by atoms with van der Waals surface area (Å²) in [6.07, 6.45) is 0.855. The summed E-state index contributed by atoms with van der Waals surface area (Å²) in [7, 11) is 0. The summed E-state index contributed by atoms with van der Waals surface area (Å²) in [5.74, 6) is 0.992. The molecule has 2 aromatic rings. The quantitative estimate of drug-likeness (QED) is 0.657. The number of hydrogen-bond acceptors (Lipinski definition) is 3. The predicted molar refractivity (Wildman–Crippen MR) is 64.5 cm³/mol. The number of hydrogen-bond donors (Lipinski definition) is 3. The zero-order valence-electron chi connectivity index (χ0n) is 9.45. The number of benzene rings is 1. The fourth-order valence-corrected chi connectivity index (χ4v) is 1.71. The minimum absolute atomic E-state index is 0.180. The molecule has 0 spiro atoms. The van der Waals surface area contributed by atoms with E-state index in [2.05, 4.69) is 34.3 Å². The predicted octanol–water partition coefficient (Wildman–Crippen LogP) is 0.996. The lowest BCUT2D eigenvalue weighted by molar-refractivity contribution is 0.292. The molecule has 0 aliphatic rings. The number of aromatic nitrogens is 2. The van der Waals surface area contributed by atoms with Crippen molar-refractivity contribution >= 4 is 11.0 Å². The third-order valence-corrected chi connectivity index (χ3v) is 2.51. The molecule has 0 amide bonds. The summed E-state index contributed by atoms with van der Waals surface area (Å²) >= 11 is 0. The number of nitrogens with zero attached hydrogens (tertiary/aromatic N) is 1. The third-order valence-electron chi connectivity index (χ3n) is 2.51. The van der Waals surface area contributed by atoms with Gasteiger partial charge in [0.05, 0.1) is 17.6 Å². The number of aryl methyl sites for hydroxylation is 1. The van der Waals surface area contributed by atoms with Crippen molar-refractivity contribution in [3.8, 4) is 0 Å². The van der Waals surface area contributed by atoms with Crippen LogP contribution in [0.3, 0.4) is 0 Å². The van der Waals surface area contributed by atoms with Crippen LogP contribution in [0.15, 0.2) is 18.2 Å². The molecule has 0 saturated heterocycles. The summed E-state index contributed by atoms with van der Waals surface area (Å²) in [6, 6.07) is 6.20. The molecule has 1 heterocycles. The Labute approximate surface area is 94.7 Å². The van der Waals surface area contributed by atoms with Gasteiger partial charge in [-0.05, 0) is 24.6 Å². The molecule has 0 aliphatic heterocycles. The molecule has 16 heavy (non-hydrogen) atoms. The van der Waals surface area contributed by atoms with Crippen molar-refractivity contribution in [3.63, 3.8) is 0 Å². The lowest BCUT2D eigenvalue weighted by atomic mass is 10.2. The highest BCUT2D eigenvalue weighted by molar-refractivity contribution is 5.75. The van der Waals surface area contributed by atoms with Gasteiger partial charge in [0.25, 0.3) is 0 Å². The van der Waals surface area contributed by atoms with E-state index in [-0.39, 0.29) is 6.61 Å². The van der Waals surface area contributed by atoms with Crippen LogP contribution in [-0.4, -0.2) is 34.8 Å². The smallest absolute Gasteiger partial charge is 0.108 e. The molecule has 86 valence electrons. The summed E-state index contributed by atoms with van der Waals surface area (Å²) in [5, 5.41) is 11.8. The minimum atomic E-state index is 0.180. The first-order valence-electron chi connectivity index (χ1n) is 5.56. The molecule has 1 aromatic heterocycles. The topological polar surface area (TPSA) is 60.9 Å². The van der Waals surface area contributed by atoms with E-state index in [0.29, 0.717) is 6.54 Å². The van der Waals surface area contributed by atoms with Gasteiger partial charge >= 0.3 is 0 Å². The Morgan fingerprint density at radius 2 is 2.25 bits per heavy atom. The third kappa shape index (κ3) is 2.59. The van der Waals surface area contributed by atoms with Crippen molar-refractivity contribution in [1.29, 1.82) is 0 Å². The molecule has 0 fully saturated rings. The molecule has 0 radical (unpaired) electrons. The molecule has 0 saturated carbocycles. The molecule has 4 heteroatoms. The van der Waals surface area contributed by atoms with Crippen LogP contribution in [0.5, 0.6) is 0 Å². The van der Waals surface area contributed by atoms with Crippen molar-refractivity contribution in [2.45, 2.75) is 13.3 Å². The van der Waals surface area contributed by atoms with Crippen LogP contribution >= 0.6 is 0 Å². The van der Waals surface area contributed by atoms with Gasteiger partial charge in [-0.25, -0.2) is 4.98 Å². The van der Waals surface area contributed by atoms with Crippen LogP contribution in [0.25, 0.3) is 11.0 Å². The van der Waals surface area contributed by atoms with Gasteiger partial charge in [-0.2, -0.15) is 0 Å². The van der Waals surface area contributed by atoms with Crippen LogP contribution in [0.1, 0.15) is 11.4 Å². The summed E-state index contributed by atoms with van der Waals surface area (Å²) in [6.45, 7) is 3.72. The monoisotopic (exact) mass is 219 g/mol. The lowest BCUT2D eigenvalue weighted by Crippen LogP contribution is -2.21. The standard InChI is InChI=1S/C12H17N3O/c1-9-2-3-10-11(8-9)15-12(14-10)4-5-13-6-7-16/h2-3,8,13,16H,4-7H2,1H3,(H,14,15). The second-order valence-corrected chi connectivity index (χ2v) is 3.93. The summed E-state index contributed by atoms with van der Waals surface area (Å²) in [5.41, 5.74) is 3.35.